The monoisotopic (exact) mass is 350 g/mol. The highest BCUT2D eigenvalue weighted by Crippen LogP contribution is 2.38. The van der Waals surface area contributed by atoms with Gasteiger partial charge in [0, 0.05) is 5.56 Å². The molecule has 10 heteroatoms. The first-order valence-corrected chi connectivity index (χ1v) is 7.78. The van der Waals surface area contributed by atoms with E-state index >= 15 is 0 Å². The number of anilines is 1. The van der Waals surface area contributed by atoms with Gasteiger partial charge in [0.05, 0.1) is 9.83 Å². The minimum atomic E-state index is -0.616. The fourth-order valence-electron chi connectivity index (χ4n) is 1.84. The van der Waals surface area contributed by atoms with Crippen molar-refractivity contribution in [3.8, 4) is 0 Å². The molecule has 23 heavy (non-hydrogen) atoms. The Morgan fingerprint density at radius 3 is 2.78 bits per heavy atom. The summed E-state index contributed by atoms with van der Waals surface area (Å²) in [5, 5.41) is 18.2. The Morgan fingerprint density at radius 1 is 1.39 bits per heavy atom. The van der Waals surface area contributed by atoms with E-state index in [1.54, 1.807) is 6.07 Å². The second-order valence-corrected chi connectivity index (χ2v) is 6.33. The van der Waals surface area contributed by atoms with Gasteiger partial charge in [-0.2, -0.15) is 0 Å². The van der Waals surface area contributed by atoms with Gasteiger partial charge < -0.3 is 0 Å². The molecule has 2 aromatic rings. The number of amidine groups is 1. The lowest BCUT2D eigenvalue weighted by molar-refractivity contribution is -0.380. The average molecular weight is 350 g/mol. The van der Waals surface area contributed by atoms with E-state index in [4.69, 9.17) is 5.41 Å². The molecule has 1 N–H and O–H groups in total. The van der Waals surface area contributed by atoms with E-state index in [1.165, 1.54) is 24.3 Å². The van der Waals surface area contributed by atoms with Crippen LogP contribution in [-0.4, -0.2) is 21.0 Å². The topological polar surface area (TPSA) is 100 Å². The maximum atomic E-state index is 13.7. The van der Waals surface area contributed by atoms with E-state index in [9.17, 15) is 19.3 Å². The summed E-state index contributed by atoms with van der Waals surface area (Å²) in [6.45, 7) is 0. The molecule has 0 atom stereocenters. The van der Waals surface area contributed by atoms with Crippen LogP contribution in [-0.2, 0) is 4.79 Å². The number of nitrogens with zero attached hydrogens (tertiary/aromatic N) is 3. The number of thioether (sulfide) groups is 1. The number of nitro groups is 1. The van der Waals surface area contributed by atoms with E-state index < -0.39 is 16.6 Å². The zero-order valence-corrected chi connectivity index (χ0v) is 12.9. The maximum absolute atomic E-state index is 13.7. The van der Waals surface area contributed by atoms with Gasteiger partial charge in [0.15, 0.2) is 5.17 Å². The van der Waals surface area contributed by atoms with Crippen LogP contribution in [0, 0.1) is 21.3 Å². The fraction of sp³-hybridized carbons (Fsp3) is 0. The van der Waals surface area contributed by atoms with Crippen LogP contribution < -0.4 is 4.90 Å². The van der Waals surface area contributed by atoms with E-state index in [2.05, 4.69) is 4.98 Å². The molecule has 1 fully saturated rings. The summed E-state index contributed by atoms with van der Waals surface area (Å²) in [5.41, 5.74) is 0.225. The lowest BCUT2D eigenvalue weighted by Gasteiger charge is -2.08. The molecule has 1 aliphatic heterocycles. The van der Waals surface area contributed by atoms with Crippen LogP contribution in [0.5, 0.6) is 0 Å². The lowest BCUT2D eigenvalue weighted by Crippen LogP contribution is -2.27. The molecule has 0 bridgehead atoms. The molecule has 2 heterocycles. The maximum Gasteiger partial charge on any atom is 0.345 e. The number of thiazole rings is 1. The van der Waals surface area contributed by atoms with Crippen LogP contribution in [0.2, 0.25) is 0 Å². The van der Waals surface area contributed by atoms with Crippen molar-refractivity contribution in [2.45, 2.75) is 0 Å². The molecular formula is C13H7FN4O3S2. The first-order valence-electron chi connectivity index (χ1n) is 6.14. The largest absolute Gasteiger partial charge is 0.345 e. The quantitative estimate of drug-likeness (QED) is 0.520. The number of halogens is 1. The molecule has 0 radical (unpaired) electrons. The third-order valence-corrected chi connectivity index (χ3v) is 4.69. The highest BCUT2D eigenvalue weighted by Gasteiger charge is 2.36. The van der Waals surface area contributed by atoms with Crippen LogP contribution in [0.4, 0.5) is 14.5 Å². The fourth-order valence-corrected chi connectivity index (χ4v) is 3.47. The zero-order chi connectivity index (χ0) is 16.6. The molecule has 0 saturated carbocycles. The Bertz CT molecular complexity index is 864. The highest BCUT2D eigenvalue weighted by atomic mass is 32.2. The first-order chi connectivity index (χ1) is 11.0. The predicted molar refractivity (Wildman–Crippen MR) is 85.9 cm³/mol. The lowest BCUT2D eigenvalue weighted by atomic mass is 10.2. The number of nitrogens with one attached hydrogen (secondary N) is 1. The van der Waals surface area contributed by atoms with Gasteiger partial charge in [-0.05, 0) is 35.2 Å². The van der Waals surface area contributed by atoms with Crippen molar-refractivity contribution in [2.24, 2.45) is 0 Å². The van der Waals surface area contributed by atoms with Gasteiger partial charge in [0.2, 0.25) is 5.13 Å². The Balaban J connectivity index is 1.94. The molecule has 1 aliphatic rings. The molecule has 1 aromatic heterocycles. The van der Waals surface area contributed by atoms with Gasteiger partial charge in [-0.15, -0.1) is 0 Å². The van der Waals surface area contributed by atoms with E-state index in [0.717, 1.165) is 22.9 Å². The van der Waals surface area contributed by atoms with Crippen molar-refractivity contribution < 1.29 is 14.1 Å². The number of rotatable bonds is 3. The van der Waals surface area contributed by atoms with Crippen molar-refractivity contribution in [3.05, 3.63) is 56.9 Å². The second kappa shape index (κ2) is 5.89. The van der Waals surface area contributed by atoms with Gasteiger partial charge in [-0.1, -0.05) is 18.2 Å². The summed E-state index contributed by atoms with van der Waals surface area (Å²) in [4.78, 5) is 27.4. The normalized spacial score (nSPS) is 16.4. The van der Waals surface area contributed by atoms with Crippen LogP contribution in [0.25, 0.3) is 6.08 Å². The molecular weight excluding hydrogens is 343 g/mol. The summed E-state index contributed by atoms with van der Waals surface area (Å²) < 4.78 is 13.7. The van der Waals surface area contributed by atoms with Gasteiger partial charge in [0.25, 0.3) is 5.91 Å². The molecule has 7 nitrogen and oxygen atoms in total. The number of amides is 1. The Hall–Kier alpha value is -2.59. The van der Waals surface area contributed by atoms with Crippen molar-refractivity contribution >= 4 is 50.4 Å². The van der Waals surface area contributed by atoms with Crippen molar-refractivity contribution in [2.75, 3.05) is 4.90 Å². The van der Waals surface area contributed by atoms with Crippen LogP contribution >= 0.6 is 23.1 Å². The smallest absolute Gasteiger partial charge is 0.278 e. The minimum absolute atomic E-state index is 0.0381. The second-order valence-electron chi connectivity index (χ2n) is 4.32. The Morgan fingerprint density at radius 2 is 2.13 bits per heavy atom. The predicted octanol–water partition coefficient (Wildman–Crippen LogP) is 3.25. The van der Waals surface area contributed by atoms with Gasteiger partial charge in [-0.3, -0.25) is 20.3 Å². The molecule has 1 aromatic carbocycles. The number of hydrogen-bond donors (Lipinski definition) is 1. The van der Waals surface area contributed by atoms with Gasteiger partial charge in [-0.25, -0.2) is 14.3 Å². The van der Waals surface area contributed by atoms with Crippen LogP contribution in [0.1, 0.15) is 5.56 Å². The first kappa shape index (κ1) is 15.3. The third-order valence-electron chi connectivity index (χ3n) is 2.87. The number of hydrogen-bond acceptors (Lipinski definition) is 7. The summed E-state index contributed by atoms with van der Waals surface area (Å²) in [7, 11) is 0. The minimum Gasteiger partial charge on any atom is -0.278 e. The zero-order valence-electron chi connectivity index (χ0n) is 11.2. The Labute approximate surface area is 137 Å². The third kappa shape index (κ3) is 2.85. The molecule has 116 valence electrons. The number of aromatic nitrogens is 1. The standard InChI is InChI=1S/C13H7FN4O3S2/c14-8-4-2-1-3-7(8)5-9-11(19)17(12(15)22-9)13-16-6-10(23-13)18(20)21/h1-6,15H/b9-5-,15-12?. The summed E-state index contributed by atoms with van der Waals surface area (Å²) in [5.74, 6) is -1.05. The summed E-state index contributed by atoms with van der Waals surface area (Å²) in [6.07, 6.45) is 2.38. The van der Waals surface area contributed by atoms with E-state index in [0.29, 0.717) is 11.3 Å². The summed E-state index contributed by atoms with van der Waals surface area (Å²) in [6, 6.07) is 5.94. The van der Waals surface area contributed by atoms with Gasteiger partial charge in [0.1, 0.15) is 12.0 Å². The Kier molecular flexibility index (Phi) is 3.92. The number of carbonyl (C=O) groups excluding carboxylic acids is 1. The molecule has 1 amide bonds. The summed E-state index contributed by atoms with van der Waals surface area (Å²) >= 11 is 1.55. The molecule has 1 saturated heterocycles. The molecule has 0 aliphatic carbocycles. The number of carbonyl (C=O) groups is 1. The number of benzene rings is 1. The van der Waals surface area contributed by atoms with Crippen molar-refractivity contribution in [3.63, 3.8) is 0 Å². The van der Waals surface area contributed by atoms with Crippen LogP contribution in [0.15, 0.2) is 35.4 Å². The van der Waals surface area contributed by atoms with E-state index in [1.807, 2.05) is 0 Å². The van der Waals surface area contributed by atoms with Crippen molar-refractivity contribution in [1.29, 1.82) is 5.41 Å². The SMILES string of the molecule is N=C1S/C(=C\c2ccccc2F)C(=O)N1c1ncc([N+](=O)[O-])s1. The molecule has 0 spiro atoms. The highest BCUT2D eigenvalue weighted by molar-refractivity contribution is 8.19. The van der Waals surface area contributed by atoms with E-state index in [-0.39, 0.29) is 25.8 Å². The van der Waals surface area contributed by atoms with Crippen LogP contribution in [0.3, 0.4) is 0 Å². The molecule has 3 rings (SSSR count). The van der Waals surface area contributed by atoms with Gasteiger partial charge >= 0.3 is 5.00 Å². The average Bonchev–Trinajstić information content (AvgIpc) is 3.07. The van der Waals surface area contributed by atoms with Crippen molar-refractivity contribution in [1.82, 2.24) is 4.98 Å². The molecule has 0 unspecified atom stereocenters.